The number of aliphatic hydroxyl groups excluding tert-OH is 1. The van der Waals surface area contributed by atoms with Crippen LogP contribution in [-0.4, -0.2) is 60.6 Å². The van der Waals surface area contributed by atoms with Crippen LogP contribution in [0.4, 0.5) is 10.5 Å². The topological polar surface area (TPSA) is 112 Å². The fourth-order valence-corrected chi connectivity index (χ4v) is 5.70. The average molecular weight is 553 g/mol. The molecule has 1 aliphatic heterocycles. The number of carbonyl (C=O) groups excluding carboxylic acids is 1. The fourth-order valence-electron chi connectivity index (χ4n) is 4.28. The Labute approximate surface area is 225 Å². The van der Waals surface area contributed by atoms with Crippen molar-refractivity contribution in [3.05, 3.63) is 95.6 Å². The number of aromatic nitrogens is 1. The molecular formula is C27H25ClN4O5S. The molecule has 2 N–H and O–H groups in total. The van der Waals surface area contributed by atoms with E-state index in [1.54, 1.807) is 83.9 Å². The summed E-state index contributed by atoms with van der Waals surface area (Å²) in [6, 6.07) is 21.7. The molecule has 9 nitrogen and oxygen atoms in total. The highest BCUT2D eigenvalue weighted by atomic mass is 35.5. The molecule has 0 radical (unpaired) electrons. The molecule has 11 heteroatoms. The Morgan fingerprint density at radius 2 is 1.68 bits per heavy atom. The molecule has 196 valence electrons. The lowest BCUT2D eigenvalue weighted by atomic mass is 10.1. The molecule has 1 aromatic heterocycles. The Bertz CT molecular complexity index is 1550. The third-order valence-corrected chi connectivity index (χ3v) is 7.91. The molecular weight excluding hydrogens is 528 g/mol. The molecule has 5 rings (SSSR count). The molecule has 1 aliphatic rings. The largest absolute Gasteiger partial charge is 0.415 e. The number of benzene rings is 3. The molecule has 2 heterocycles. The average Bonchev–Trinajstić information content (AvgIpc) is 2.92. The number of nitrogens with one attached hydrogen (secondary N) is 1. The predicted molar refractivity (Wildman–Crippen MR) is 145 cm³/mol. The van der Waals surface area contributed by atoms with Gasteiger partial charge in [-0.3, -0.25) is 14.6 Å². The van der Waals surface area contributed by atoms with E-state index >= 15 is 0 Å². The van der Waals surface area contributed by atoms with Gasteiger partial charge < -0.3 is 14.7 Å². The zero-order valence-electron chi connectivity index (χ0n) is 20.2. The summed E-state index contributed by atoms with van der Waals surface area (Å²) >= 11 is 5.94. The van der Waals surface area contributed by atoms with Gasteiger partial charge in [0.25, 0.3) is 10.0 Å². The molecule has 1 unspecified atom stereocenters. The molecule has 3 aromatic carbocycles. The first-order chi connectivity index (χ1) is 18.3. The number of halogens is 1. The Balaban J connectivity index is 1.19. The van der Waals surface area contributed by atoms with Gasteiger partial charge in [0.15, 0.2) is 0 Å². The van der Waals surface area contributed by atoms with Gasteiger partial charge in [-0.1, -0.05) is 48.0 Å². The number of anilines is 1. The van der Waals surface area contributed by atoms with E-state index in [2.05, 4.69) is 9.71 Å². The van der Waals surface area contributed by atoms with Crippen molar-refractivity contribution < 1.29 is 23.1 Å². The van der Waals surface area contributed by atoms with Gasteiger partial charge in [0, 0.05) is 48.5 Å². The highest BCUT2D eigenvalue weighted by Crippen LogP contribution is 2.26. The lowest BCUT2D eigenvalue weighted by Crippen LogP contribution is -2.50. The first-order valence-corrected chi connectivity index (χ1v) is 13.8. The number of aliphatic hydroxyl groups is 1. The maximum atomic E-state index is 13.0. The van der Waals surface area contributed by atoms with Crippen molar-refractivity contribution in [2.75, 3.05) is 30.9 Å². The molecule has 0 saturated carbocycles. The van der Waals surface area contributed by atoms with Gasteiger partial charge in [0.2, 0.25) is 0 Å². The summed E-state index contributed by atoms with van der Waals surface area (Å²) in [5.41, 5.74) is 1.36. The van der Waals surface area contributed by atoms with Crippen molar-refractivity contribution in [2.24, 2.45) is 0 Å². The van der Waals surface area contributed by atoms with E-state index in [1.807, 2.05) is 4.90 Å². The van der Waals surface area contributed by atoms with E-state index in [0.29, 0.717) is 53.7 Å². The third kappa shape index (κ3) is 5.73. The number of amides is 1. The smallest absolute Gasteiger partial charge is 0.410 e. The van der Waals surface area contributed by atoms with Crippen LogP contribution in [0.3, 0.4) is 0 Å². The van der Waals surface area contributed by atoms with Crippen molar-refractivity contribution in [1.82, 2.24) is 14.8 Å². The summed E-state index contributed by atoms with van der Waals surface area (Å²) in [4.78, 5) is 20.2. The van der Waals surface area contributed by atoms with E-state index in [9.17, 15) is 18.3 Å². The number of sulfonamides is 1. The monoisotopic (exact) mass is 552 g/mol. The second-order valence-corrected chi connectivity index (χ2v) is 10.9. The van der Waals surface area contributed by atoms with Crippen molar-refractivity contribution in [3.63, 3.8) is 0 Å². The van der Waals surface area contributed by atoms with Gasteiger partial charge in [-0.05, 0) is 48.0 Å². The standard InChI is InChI=1S/C27H25ClN4O5S/c28-21-6-2-7-23(18-21)37-27(34)32-16-14-31(15-17-32)26(33)20-9-11-22(12-10-20)30-38(35,36)24-8-1-4-19-5-3-13-29-25(19)24/h1-13,18,26,30,33H,14-17H2. The molecule has 0 spiro atoms. The van der Waals surface area contributed by atoms with Crippen molar-refractivity contribution in [3.8, 4) is 5.75 Å². The van der Waals surface area contributed by atoms with E-state index in [4.69, 9.17) is 16.3 Å². The molecule has 38 heavy (non-hydrogen) atoms. The molecule has 4 aromatic rings. The Kier molecular flexibility index (Phi) is 7.48. The molecule has 1 fully saturated rings. The van der Waals surface area contributed by atoms with Gasteiger partial charge >= 0.3 is 6.09 Å². The van der Waals surface area contributed by atoms with Crippen LogP contribution in [0.25, 0.3) is 10.9 Å². The normalized spacial score (nSPS) is 15.3. The summed E-state index contributed by atoms with van der Waals surface area (Å²) in [6.07, 6.45) is 0.174. The van der Waals surface area contributed by atoms with E-state index in [0.717, 1.165) is 5.39 Å². The quantitative estimate of drug-likeness (QED) is 0.362. The van der Waals surface area contributed by atoms with E-state index in [-0.39, 0.29) is 4.90 Å². The maximum Gasteiger partial charge on any atom is 0.415 e. The van der Waals surface area contributed by atoms with Gasteiger partial charge in [0.05, 0.1) is 5.52 Å². The van der Waals surface area contributed by atoms with Gasteiger partial charge in [-0.15, -0.1) is 0 Å². The maximum absolute atomic E-state index is 13.0. The number of carbonyl (C=O) groups is 1. The Hall–Kier alpha value is -3.70. The minimum absolute atomic E-state index is 0.0893. The molecule has 0 bridgehead atoms. The van der Waals surface area contributed by atoms with E-state index in [1.165, 1.54) is 6.07 Å². The van der Waals surface area contributed by atoms with Crippen LogP contribution >= 0.6 is 11.6 Å². The number of fused-ring (bicyclic) bond motifs is 1. The van der Waals surface area contributed by atoms with E-state index < -0.39 is 22.3 Å². The van der Waals surface area contributed by atoms with Gasteiger partial charge in [0.1, 0.15) is 16.9 Å². The molecule has 1 saturated heterocycles. The zero-order chi connectivity index (χ0) is 26.7. The summed E-state index contributed by atoms with van der Waals surface area (Å²) in [5, 5.41) is 12.1. The number of hydrogen-bond donors (Lipinski definition) is 2. The van der Waals surface area contributed by atoms with Gasteiger partial charge in [-0.25, -0.2) is 13.2 Å². The second kappa shape index (κ2) is 11.0. The lowest BCUT2D eigenvalue weighted by molar-refractivity contribution is -0.0236. The highest BCUT2D eigenvalue weighted by molar-refractivity contribution is 7.93. The Morgan fingerprint density at radius 3 is 2.42 bits per heavy atom. The van der Waals surface area contributed by atoms with Crippen LogP contribution in [0, 0.1) is 0 Å². The number of ether oxygens (including phenoxy) is 1. The number of para-hydroxylation sites is 1. The molecule has 0 aliphatic carbocycles. The van der Waals surface area contributed by atoms with Crippen LogP contribution in [0.1, 0.15) is 11.8 Å². The van der Waals surface area contributed by atoms with Crippen LogP contribution in [0.5, 0.6) is 5.75 Å². The van der Waals surface area contributed by atoms with Crippen LogP contribution in [0.2, 0.25) is 5.02 Å². The number of hydrogen-bond acceptors (Lipinski definition) is 7. The predicted octanol–water partition coefficient (Wildman–Crippen LogP) is 4.50. The van der Waals surface area contributed by atoms with Gasteiger partial charge in [-0.2, -0.15) is 0 Å². The van der Waals surface area contributed by atoms with Crippen molar-refractivity contribution in [1.29, 1.82) is 0 Å². The number of nitrogens with zero attached hydrogens (tertiary/aromatic N) is 3. The first kappa shape index (κ1) is 25.9. The first-order valence-electron chi connectivity index (χ1n) is 11.9. The summed E-state index contributed by atoms with van der Waals surface area (Å²) in [5.74, 6) is 0.373. The minimum Gasteiger partial charge on any atom is -0.410 e. The number of rotatable bonds is 6. The van der Waals surface area contributed by atoms with Crippen molar-refractivity contribution in [2.45, 2.75) is 11.1 Å². The third-order valence-electron chi connectivity index (χ3n) is 6.27. The SMILES string of the molecule is O=C(Oc1cccc(Cl)c1)N1CCN(C(O)c2ccc(NS(=O)(=O)c3cccc4cccnc34)cc2)CC1. The minimum atomic E-state index is -3.87. The number of piperazine rings is 1. The molecule has 1 amide bonds. The highest BCUT2D eigenvalue weighted by Gasteiger charge is 2.27. The van der Waals surface area contributed by atoms with Crippen molar-refractivity contribution >= 4 is 44.3 Å². The molecule has 1 atom stereocenters. The summed E-state index contributed by atoms with van der Waals surface area (Å²) < 4.78 is 34.1. The lowest BCUT2D eigenvalue weighted by Gasteiger charge is -2.36. The fraction of sp³-hybridized carbons (Fsp3) is 0.185. The number of pyridine rings is 1. The zero-order valence-corrected chi connectivity index (χ0v) is 21.8. The van der Waals surface area contributed by atoms with Crippen LogP contribution in [0.15, 0.2) is 90.0 Å². The summed E-state index contributed by atoms with van der Waals surface area (Å²) in [6.45, 7) is 1.64. The van der Waals surface area contributed by atoms with Crippen LogP contribution < -0.4 is 9.46 Å². The summed E-state index contributed by atoms with van der Waals surface area (Å²) in [7, 11) is -3.87. The second-order valence-electron chi connectivity index (χ2n) is 8.78. The van der Waals surface area contributed by atoms with Crippen LogP contribution in [-0.2, 0) is 10.0 Å². The Morgan fingerprint density at radius 1 is 0.974 bits per heavy atom.